The number of H-pyrrole nitrogens is 1. The van der Waals surface area contributed by atoms with E-state index in [1.165, 1.54) is 12.4 Å². The summed E-state index contributed by atoms with van der Waals surface area (Å²) in [5.74, 6) is 0.397. The molecule has 1 amide bonds. The van der Waals surface area contributed by atoms with Gasteiger partial charge in [-0.25, -0.2) is 9.97 Å². The first-order valence-corrected chi connectivity index (χ1v) is 8.65. The van der Waals surface area contributed by atoms with E-state index in [0.29, 0.717) is 11.5 Å². The lowest BCUT2D eigenvalue weighted by atomic mass is 10.2. The number of amides is 1. The monoisotopic (exact) mass is 407 g/mol. The third kappa shape index (κ3) is 3.04. The summed E-state index contributed by atoms with van der Waals surface area (Å²) in [4.78, 5) is 23.4. The van der Waals surface area contributed by atoms with Crippen LogP contribution in [-0.2, 0) is 4.79 Å². The number of hydrogen-bond donors (Lipinski definition) is 3. The van der Waals surface area contributed by atoms with Gasteiger partial charge in [0.05, 0.1) is 5.52 Å². The van der Waals surface area contributed by atoms with Crippen LogP contribution in [0.15, 0.2) is 66.1 Å². The zero-order valence-corrected chi connectivity index (χ0v) is 15.2. The number of benzene rings is 2. The second-order valence-corrected chi connectivity index (χ2v) is 6.52. The number of rotatable bonds is 4. The van der Waals surface area contributed by atoms with E-state index < -0.39 is 0 Å². The van der Waals surface area contributed by atoms with Crippen molar-refractivity contribution < 1.29 is 4.79 Å². The molecule has 2 heterocycles. The van der Waals surface area contributed by atoms with Gasteiger partial charge in [0.1, 0.15) is 12.1 Å². The third-order valence-electron chi connectivity index (χ3n) is 3.98. The van der Waals surface area contributed by atoms with Gasteiger partial charge in [0.15, 0.2) is 0 Å². The molecule has 128 valence electrons. The first kappa shape index (κ1) is 16.3. The molecule has 7 heteroatoms. The van der Waals surface area contributed by atoms with Crippen LogP contribution in [0.4, 0.5) is 17.2 Å². The molecule has 4 rings (SSSR count). The summed E-state index contributed by atoms with van der Waals surface area (Å²) in [5, 5.41) is 7.97. The van der Waals surface area contributed by atoms with E-state index in [-0.39, 0.29) is 5.91 Å². The molecular formula is C19H14BrN5O. The Kier molecular flexibility index (Phi) is 4.14. The number of aromatic nitrogens is 3. The van der Waals surface area contributed by atoms with Crippen LogP contribution >= 0.6 is 15.9 Å². The van der Waals surface area contributed by atoms with E-state index in [1.807, 2.05) is 36.5 Å². The Morgan fingerprint density at radius 2 is 1.92 bits per heavy atom. The van der Waals surface area contributed by atoms with Crippen LogP contribution < -0.4 is 10.6 Å². The van der Waals surface area contributed by atoms with E-state index in [1.54, 1.807) is 6.07 Å². The quantitative estimate of drug-likeness (QED) is 0.426. The summed E-state index contributed by atoms with van der Waals surface area (Å²) in [7, 11) is 0. The van der Waals surface area contributed by atoms with Gasteiger partial charge in [0, 0.05) is 38.3 Å². The average Bonchev–Trinajstić information content (AvgIpc) is 3.03. The Balaban J connectivity index is 1.74. The Hall–Kier alpha value is -3.19. The highest BCUT2D eigenvalue weighted by Gasteiger charge is 2.08. The van der Waals surface area contributed by atoms with Gasteiger partial charge in [-0.1, -0.05) is 6.58 Å². The van der Waals surface area contributed by atoms with Crippen LogP contribution in [0, 0.1) is 0 Å². The molecule has 3 N–H and O–H groups in total. The molecule has 6 nitrogen and oxygen atoms in total. The molecule has 2 aromatic carbocycles. The third-order valence-corrected chi connectivity index (χ3v) is 4.64. The number of aromatic amines is 1. The lowest BCUT2D eigenvalue weighted by Crippen LogP contribution is -2.07. The standard InChI is InChI=1S/C19H14BrN5O/c1-2-18(26)24-11-3-6-17-14(8-11)19(23-10-22-17)25-12-4-5-16-13(7-12)15(20)9-21-16/h2-10,21H,1H2,(H,24,26)(H,22,23,25). The van der Waals surface area contributed by atoms with Crippen LogP contribution in [0.25, 0.3) is 21.8 Å². The predicted molar refractivity (Wildman–Crippen MR) is 108 cm³/mol. The molecular weight excluding hydrogens is 394 g/mol. The molecule has 0 aliphatic heterocycles. The number of carbonyl (C=O) groups is 1. The van der Waals surface area contributed by atoms with Crippen molar-refractivity contribution in [2.24, 2.45) is 0 Å². The Labute approximate surface area is 157 Å². The smallest absolute Gasteiger partial charge is 0.247 e. The zero-order valence-electron chi connectivity index (χ0n) is 13.6. The maximum absolute atomic E-state index is 11.5. The molecule has 2 aromatic heterocycles. The van der Waals surface area contributed by atoms with Crippen molar-refractivity contribution in [1.82, 2.24) is 15.0 Å². The molecule has 0 saturated heterocycles. The number of halogens is 1. The fraction of sp³-hybridized carbons (Fsp3) is 0. The zero-order chi connectivity index (χ0) is 18.1. The number of fused-ring (bicyclic) bond motifs is 2. The molecule has 0 aliphatic rings. The molecule has 0 atom stereocenters. The summed E-state index contributed by atoms with van der Waals surface area (Å²) < 4.78 is 0.998. The summed E-state index contributed by atoms with van der Waals surface area (Å²) >= 11 is 3.53. The molecule has 0 fully saturated rings. The summed E-state index contributed by atoms with van der Waals surface area (Å²) in [6, 6.07) is 11.5. The van der Waals surface area contributed by atoms with E-state index in [4.69, 9.17) is 0 Å². The molecule has 0 unspecified atom stereocenters. The minimum absolute atomic E-state index is 0.265. The van der Waals surface area contributed by atoms with Crippen LogP contribution in [0.1, 0.15) is 0 Å². The molecule has 4 aromatic rings. The van der Waals surface area contributed by atoms with Gasteiger partial charge < -0.3 is 15.6 Å². The normalized spacial score (nSPS) is 10.8. The van der Waals surface area contributed by atoms with Crippen LogP contribution in [0.2, 0.25) is 0 Å². The fourth-order valence-corrected chi connectivity index (χ4v) is 3.17. The van der Waals surface area contributed by atoms with E-state index in [0.717, 1.165) is 32.0 Å². The minimum Gasteiger partial charge on any atom is -0.360 e. The second-order valence-electron chi connectivity index (χ2n) is 5.67. The first-order valence-electron chi connectivity index (χ1n) is 7.86. The summed E-state index contributed by atoms with van der Waals surface area (Å²) in [5.41, 5.74) is 3.38. The van der Waals surface area contributed by atoms with Crippen molar-refractivity contribution in [3.05, 3.63) is 66.1 Å². The second kappa shape index (κ2) is 6.61. The topological polar surface area (TPSA) is 82.7 Å². The van der Waals surface area contributed by atoms with E-state index >= 15 is 0 Å². The number of nitrogens with zero attached hydrogens (tertiary/aromatic N) is 2. The lowest BCUT2D eigenvalue weighted by molar-refractivity contribution is -0.111. The van der Waals surface area contributed by atoms with Gasteiger partial charge in [-0.15, -0.1) is 0 Å². The van der Waals surface area contributed by atoms with Gasteiger partial charge >= 0.3 is 0 Å². The van der Waals surface area contributed by atoms with Crippen LogP contribution in [0.3, 0.4) is 0 Å². The molecule has 26 heavy (non-hydrogen) atoms. The maximum atomic E-state index is 11.5. The van der Waals surface area contributed by atoms with Gasteiger partial charge in [-0.3, -0.25) is 4.79 Å². The highest BCUT2D eigenvalue weighted by molar-refractivity contribution is 9.10. The number of hydrogen-bond acceptors (Lipinski definition) is 4. The molecule has 0 aliphatic carbocycles. The Morgan fingerprint density at radius 1 is 1.12 bits per heavy atom. The van der Waals surface area contributed by atoms with Gasteiger partial charge in [-0.2, -0.15) is 0 Å². The van der Waals surface area contributed by atoms with Crippen LogP contribution in [0.5, 0.6) is 0 Å². The van der Waals surface area contributed by atoms with Crippen molar-refractivity contribution in [3.63, 3.8) is 0 Å². The van der Waals surface area contributed by atoms with Crippen molar-refractivity contribution >= 4 is 60.8 Å². The first-order chi connectivity index (χ1) is 12.6. The highest BCUT2D eigenvalue weighted by atomic mass is 79.9. The SMILES string of the molecule is C=CC(=O)Nc1ccc2ncnc(Nc3ccc4[nH]cc(Br)c4c3)c2c1. The number of nitrogens with one attached hydrogen (secondary N) is 3. The average molecular weight is 408 g/mol. The van der Waals surface area contributed by atoms with Crippen molar-refractivity contribution in [3.8, 4) is 0 Å². The van der Waals surface area contributed by atoms with Crippen molar-refractivity contribution in [2.75, 3.05) is 10.6 Å². The Morgan fingerprint density at radius 3 is 2.77 bits per heavy atom. The van der Waals surface area contributed by atoms with E-state index in [9.17, 15) is 4.79 Å². The number of carbonyl (C=O) groups excluding carboxylic acids is 1. The Bertz CT molecular complexity index is 1150. The van der Waals surface area contributed by atoms with Crippen molar-refractivity contribution in [1.29, 1.82) is 0 Å². The van der Waals surface area contributed by atoms with Crippen LogP contribution in [-0.4, -0.2) is 20.9 Å². The minimum atomic E-state index is -0.265. The van der Waals surface area contributed by atoms with Gasteiger partial charge in [0.2, 0.25) is 5.91 Å². The van der Waals surface area contributed by atoms with Crippen molar-refractivity contribution in [2.45, 2.75) is 0 Å². The van der Waals surface area contributed by atoms with Gasteiger partial charge in [0.25, 0.3) is 0 Å². The molecule has 0 bridgehead atoms. The fourth-order valence-electron chi connectivity index (χ4n) is 2.73. The molecule has 0 radical (unpaired) electrons. The maximum Gasteiger partial charge on any atom is 0.247 e. The largest absolute Gasteiger partial charge is 0.360 e. The van der Waals surface area contributed by atoms with E-state index in [2.05, 4.69) is 48.1 Å². The summed E-state index contributed by atoms with van der Waals surface area (Å²) in [6.07, 6.45) is 4.65. The van der Waals surface area contributed by atoms with Gasteiger partial charge in [-0.05, 0) is 58.4 Å². The highest BCUT2D eigenvalue weighted by Crippen LogP contribution is 2.30. The molecule has 0 saturated carbocycles. The molecule has 0 spiro atoms. The lowest BCUT2D eigenvalue weighted by Gasteiger charge is -2.10. The summed E-state index contributed by atoms with van der Waals surface area (Å²) in [6.45, 7) is 3.46. The number of anilines is 3. The predicted octanol–water partition coefficient (Wildman–Crippen LogP) is 4.74.